The first-order valence-corrected chi connectivity index (χ1v) is 6.91. The Labute approximate surface area is 123 Å². The Kier molecular flexibility index (Phi) is 7.18. The minimum absolute atomic E-state index is 0.0359. The minimum atomic E-state index is -0.263. The molecule has 0 spiro atoms. The van der Waals surface area contributed by atoms with Gasteiger partial charge in [0.2, 0.25) is 0 Å². The molecule has 1 aromatic rings. The minimum Gasteiger partial charge on any atom is -0.493 e. The largest absolute Gasteiger partial charge is 0.493 e. The van der Waals surface area contributed by atoms with E-state index in [4.69, 9.17) is 26.2 Å². The maximum Gasteiger partial charge on any atom is 0.251 e. The van der Waals surface area contributed by atoms with Crippen molar-refractivity contribution in [2.45, 2.75) is 19.8 Å². The van der Waals surface area contributed by atoms with E-state index < -0.39 is 0 Å². The molecule has 5 nitrogen and oxygen atoms in total. The number of hydrogen-bond donors (Lipinski definition) is 2. The van der Waals surface area contributed by atoms with Crippen LogP contribution < -0.4 is 14.8 Å². The summed E-state index contributed by atoms with van der Waals surface area (Å²) in [6.07, 6.45) is 1.36. The van der Waals surface area contributed by atoms with Crippen molar-refractivity contribution in [3.05, 3.63) is 22.7 Å². The van der Waals surface area contributed by atoms with Crippen LogP contribution in [0.15, 0.2) is 12.1 Å². The lowest BCUT2D eigenvalue weighted by molar-refractivity contribution is 0.0950. The van der Waals surface area contributed by atoms with Crippen LogP contribution in [0.25, 0.3) is 0 Å². The molecule has 0 aliphatic rings. The number of hydrogen-bond acceptors (Lipinski definition) is 4. The number of carbonyl (C=O) groups is 1. The normalized spacial score (nSPS) is 10.2. The number of methoxy groups -OCH3 is 1. The van der Waals surface area contributed by atoms with E-state index in [2.05, 4.69) is 5.32 Å². The number of nitrogens with one attached hydrogen (secondary N) is 1. The number of aliphatic hydroxyl groups is 1. The fraction of sp³-hybridized carbons (Fsp3) is 0.500. The van der Waals surface area contributed by atoms with Gasteiger partial charge in [-0.05, 0) is 25.0 Å². The molecule has 0 bridgehead atoms. The van der Waals surface area contributed by atoms with Crippen LogP contribution in [0, 0.1) is 0 Å². The van der Waals surface area contributed by atoms with Crippen molar-refractivity contribution in [1.29, 1.82) is 0 Å². The molecule has 0 radical (unpaired) electrons. The highest BCUT2D eigenvalue weighted by Crippen LogP contribution is 2.36. The van der Waals surface area contributed by atoms with Gasteiger partial charge in [0, 0.05) is 18.7 Å². The first-order valence-electron chi connectivity index (χ1n) is 6.53. The molecule has 20 heavy (non-hydrogen) atoms. The maximum atomic E-state index is 11.9. The Morgan fingerprint density at radius 1 is 1.45 bits per heavy atom. The zero-order valence-electron chi connectivity index (χ0n) is 11.7. The first kappa shape index (κ1) is 16.6. The SMILES string of the molecule is CCCOc1c(Cl)cc(C(=O)NCCCO)cc1OC. The number of aliphatic hydroxyl groups excluding tert-OH is 1. The molecule has 1 amide bonds. The van der Waals surface area contributed by atoms with Crippen LogP contribution >= 0.6 is 11.6 Å². The summed E-state index contributed by atoms with van der Waals surface area (Å²) < 4.78 is 10.7. The molecular weight excluding hydrogens is 282 g/mol. The van der Waals surface area contributed by atoms with Gasteiger partial charge >= 0.3 is 0 Å². The number of halogens is 1. The number of amides is 1. The molecule has 2 N–H and O–H groups in total. The lowest BCUT2D eigenvalue weighted by Crippen LogP contribution is -2.25. The fourth-order valence-electron chi connectivity index (χ4n) is 1.58. The quantitative estimate of drug-likeness (QED) is 0.723. The van der Waals surface area contributed by atoms with E-state index in [1.54, 1.807) is 12.1 Å². The molecule has 6 heteroatoms. The van der Waals surface area contributed by atoms with Crippen molar-refractivity contribution in [2.75, 3.05) is 26.9 Å². The summed E-state index contributed by atoms with van der Waals surface area (Å²) >= 11 is 6.13. The summed E-state index contributed by atoms with van der Waals surface area (Å²) in [5, 5.41) is 11.7. The van der Waals surface area contributed by atoms with Crippen molar-refractivity contribution in [1.82, 2.24) is 5.32 Å². The third-order valence-electron chi connectivity index (χ3n) is 2.56. The second-order valence-corrected chi connectivity index (χ2v) is 4.58. The van der Waals surface area contributed by atoms with E-state index in [1.165, 1.54) is 7.11 Å². The average molecular weight is 302 g/mol. The summed E-state index contributed by atoms with van der Waals surface area (Å²) in [4.78, 5) is 11.9. The van der Waals surface area contributed by atoms with Crippen LogP contribution in [0.3, 0.4) is 0 Å². The Morgan fingerprint density at radius 2 is 2.20 bits per heavy atom. The molecule has 0 aliphatic heterocycles. The highest BCUT2D eigenvalue weighted by atomic mass is 35.5. The number of ether oxygens (including phenoxy) is 2. The molecule has 1 aromatic carbocycles. The number of carbonyl (C=O) groups excluding carboxylic acids is 1. The van der Waals surface area contributed by atoms with E-state index in [0.717, 1.165) is 6.42 Å². The van der Waals surface area contributed by atoms with Gasteiger partial charge in [-0.2, -0.15) is 0 Å². The van der Waals surface area contributed by atoms with Gasteiger partial charge in [0.25, 0.3) is 5.91 Å². The predicted molar refractivity (Wildman–Crippen MR) is 77.8 cm³/mol. The zero-order valence-corrected chi connectivity index (χ0v) is 12.5. The van der Waals surface area contributed by atoms with E-state index in [9.17, 15) is 4.79 Å². The number of rotatable bonds is 8. The van der Waals surface area contributed by atoms with Gasteiger partial charge in [-0.3, -0.25) is 4.79 Å². The fourth-order valence-corrected chi connectivity index (χ4v) is 1.84. The van der Waals surface area contributed by atoms with Crippen LogP contribution in [0.2, 0.25) is 5.02 Å². The van der Waals surface area contributed by atoms with E-state index >= 15 is 0 Å². The second kappa shape index (κ2) is 8.66. The highest BCUT2D eigenvalue weighted by Gasteiger charge is 2.15. The summed E-state index contributed by atoms with van der Waals surface area (Å²) in [5.41, 5.74) is 0.397. The van der Waals surface area contributed by atoms with Gasteiger partial charge in [0.15, 0.2) is 11.5 Å². The monoisotopic (exact) mass is 301 g/mol. The molecule has 0 heterocycles. The molecule has 0 saturated carbocycles. The van der Waals surface area contributed by atoms with Crippen LogP contribution in [-0.2, 0) is 0 Å². The molecule has 0 atom stereocenters. The average Bonchev–Trinajstić information content (AvgIpc) is 2.45. The van der Waals surface area contributed by atoms with Gasteiger partial charge in [-0.15, -0.1) is 0 Å². The van der Waals surface area contributed by atoms with Crippen LogP contribution in [0.5, 0.6) is 11.5 Å². The molecule has 112 valence electrons. The summed E-state index contributed by atoms with van der Waals surface area (Å²) in [5.74, 6) is 0.613. The Bertz CT molecular complexity index is 451. The van der Waals surface area contributed by atoms with Gasteiger partial charge in [-0.1, -0.05) is 18.5 Å². The van der Waals surface area contributed by atoms with Crippen molar-refractivity contribution in [3.63, 3.8) is 0 Å². The lowest BCUT2D eigenvalue weighted by Gasteiger charge is -2.13. The molecule has 0 aromatic heterocycles. The lowest BCUT2D eigenvalue weighted by atomic mass is 10.2. The summed E-state index contributed by atoms with van der Waals surface area (Å²) in [6.45, 7) is 2.96. The summed E-state index contributed by atoms with van der Waals surface area (Å²) in [6, 6.07) is 3.13. The van der Waals surface area contributed by atoms with Gasteiger partial charge in [0.05, 0.1) is 18.7 Å². The first-order chi connectivity index (χ1) is 9.63. The second-order valence-electron chi connectivity index (χ2n) is 4.17. The molecule has 1 rings (SSSR count). The summed E-state index contributed by atoms with van der Waals surface area (Å²) in [7, 11) is 1.50. The van der Waals surface area contributed by atoms with Crippen LogP contribution in [-0.4, -0.2) is 37.9 Å². The predicted octanol–water partition coefficient (Wildman–Crippen LogP) is 2.25. The third kappa shape index (κ3) is 4.58. The van der Waals surface area contributed by atoms with Gasteiger partial charge in [0.1, 0.15) is 0 Å². The molecule has 0 fully saturated rings. The topological polar surface area (TPSA) is 67.8 Å². The molecule has 0 saturated heterocycles. The molecule has 0 unspecified atom stereocenters. The smallest absolute Gasteiger partial charge is 0.251 e. The van der Waals surface area contributed by atoms with E-state index in [0.29, 0.717) is 41.7 Å². The van der Waals surface area contributed by atoms with Gasteiger partial charge in [-0.25, -0.2) is 0 Å². The maximum absolute atomic E-state index is 11.9. The molecule has 0 aliphatic carbocycles. The molecular formula is C14H20ClNO4. The number of benzene rings is 1. The van der Waals surface area contributed by atoms with Crippen molar-refractivity contribution >= 4 is 17.5 Å². The van der Waals surface area contributed by atoms with Crippen LogP contribution in [0.1, 0.15) is 30.1 Å². The van der Waals surface area contributed by atoms with E-state index in [1.807, 2.05) is 6.92 Å². The third-order valence-corrected chi connectivity index (χ3v) is 2.84. The highest BCUT2D eigenvalue weighted by molar-refractivity contribution is 6.32. The van der Waals surface area contributed by atoms with Crippen molar-refractivity contribution < 1.29 is 19.4 Å². The Morgan fingerprint density at radius 3 is 2.80 bits per heavy atom. The zero-order chi connectivity index (χ0) is 15.0. The Hall–Kier alpha value is -1.46. The van der Waals surface area contributed by atoms with Gasteiger partial charge < -0.3 is 19.9 Å². The van der Waals surface area contributed by atoms with Crippen molar-refractivity contribution in [3.8, 4) is 11.5 Å². The standard InChI is InChI=1S/C14H20ClNO4/c1-3-7-20-13-11(15)8-10(9-12(13)19-2)14(18)16-5-4-6-17/h8-9,17H,3-7H2,1-2H3,(H,16,18). The van der Waals surface area contributed by atoms with Crippen molar-refractivity contribution in [2.24, 2.45) is 0 Å². The Balaban J connectivity index is 2.89. The van der Waals surface area contributed by atoms with Crippen LogP contribution in [0.4, 0.5) is 0 Å². The van der Waals surface area contributed by atoms with E-state index in [-0.39, 0.29) is 12.5 Å².